The molecule has 0 radical (unpaired) electrons. The molecule has 0 spiro atoms. The Hall–Kier alpha value is -0.190. The Balaban J connectivity index is 0. The van der Waals surface area contributed by atoms with Crippen molar-refractivity contribution in [1.29, 1.82) is 0 Å². The number of rotatable bonds is 7. The average molecular weight is 321 g/mol. The maximum Gasteiger partial charge on any atom is 0.389 e. The summed E-state index contributed by atoms with van der Waals surface area (Å²) in [5.41, 5.74) is 4.66. The second-order valence-corrected chi connectivity index (χ2v) is 5.35. The molecule has 0 amide bonds. The van der Waals surface area contributed by atoms with Crippen LogP contribution in [-0.2, 0) is 10.0 Å². The van der Waals surface area contributed by atoms with Crippen molar-refractivity contribution in [2.45, 2.75) is 24.9 Å². The SMILES string of the molecule is Cl.NCC(F)(F)CNS(=O)(=O)CCCC(F)(F)F. The molecule has 0 rings (SSSR count). The van der Waals surface area contributed by atoms with Gasteiger partial charge < -0.3 is 5.73 Å². The van der Waals surface area contributed by atoms with Crippen LogP contribution in [0, 0.1) is 0 Å². The minimum atomic E-state index is -4.46. The van der Waals surface area contributed by atoms with Crippen molar-refractivity contribution < 1.29 is 30.4 Å². The van der Waals surface area contributed by atoms with E-state index in [4.69, 9.17) is 0 Å². The molecule has 0 heterocycles. The van der Waals surface area contributed by atoms with Gasteiger partial charge in [-0.05, 0) is 6.42 Å². The van der Waals surface area contributed by atoms with E-state index in [1.807, 2.05) is 0 Å². The van der Waals surface area contributed by atoms with Gasteiger partial charge >= 0.3 is 6.18 Å². The Bertz CT molecular complexity index is 333. The van der Waals surface area contributed by atoms with Crippen molar-refractivity contribution in [3.63, 3.8) is 0 Å². The van der Waals surface area contributed by atoms with Gasteiger partial charge in [0.1, 0.15) is 0 Å². The fourth-order valence-electron chi connectivity index (χ4n) is 0.823. The summed E-state index contributed by atoms with van der Waals surface area (Å²) in [5.74, 6) is -4.26. The molecule has 0 unspecified atom stereocenters. The molecule has 0 saturated carbocycles. The van der Waals surface area contributed by atoms with Crippen LogP contribution in [0.15, 0.2) is 0 Å². The highest BCUT2D eigenvalue weighted by Crippen LogP contribution is 2.21. The number of alkyl halides is 5. The predicted octanol–water partition coefficient (Wildman–Crippen LogP) is 1.26. The van der Waals surface area contributed by atoms with Crippen LogP contribution in [-0.4, -0.2) is 39.4 Å². The summed E-state index contributed by atoms with van der Waals surface area (Å²) >= 11 is 0. The maximum absolute atomic E-state index is 12.6. The van der Waals surface area contributed by atoms with E-state index in [1.165, 1.54) is 4.72 Å². The third kappa shape index (κ3) is 10.9. The molecule has 0 aromatic heterocycles. The standard InChI is InChI=1S/C7H13F5N2O2S.ClH/c8-6(9,4-13)5-14-17(15,16)3-1-2-7(10,11)12;/h14H,1-5,13H2;1H. The highest BCUT2D eigenvalue weighted by atomic mass is 35.5. The molecule has 0 aliphatic carbocycles. The summed E-state index contributed by atoms with van der Waals surface area (Å²) in [4.78, 5) is 0. The van der Waals surface area contributed by atoms with Crippen molar-refractivity contribution in [1.82, 2.24) is 4.72 Å². The summed E-state index contributed by atoms with van der Waals surface area (Å²) in [6.45, 7) is -2.25. The quantitative estimate of drug-likeness (QED) is 0.694. The van der Waals surface area contributed by atoms with Gasteiger partial charge in [-0.1, -0.05) is 0 Å². The van der Waals surface area contributed by atoms with Crippen LogP contribution >= 0.6 is 12.4 Å². The van der Waals surface area contributed by atoms with Crippen molar-refractivity contribution in [3.8, 4) is 0 Å². The zero-order valence-corrected chi connectivity index (χ0v) is 10.8. The number of halogens is 6. The predicted molar refractivity (Wildman–Crippen MR) is 58.3 cm³/mol. The van der Waals surface area contributed by atoms with Gasteiger partial charge in [-0.25, -0.2) is 21.9 Å². The molecule has 4 nitrogen and oxygen atoms in total. The third-order valence-electron chi connectivity index (χ3n) is 1.72. The topological polar surface area (TPSA) is 72.2 Å². The Kier molecular flexibility index (Phi) is 8.29. The fraction of sp³-hybridized carbons (Fsp3) is 1.00. The largest absolute Gasteiger partial charge is 0.389 e. The van der Waals surface area contributed by atoms with Crippen LogP contribution in [0.2, 0.25) is 0 Å². The summed E-state index contributed by atoms with van der Waals surface area (Å²) in [7, 11) is -4.13. The van der Waals surface area contributed by atoms with Crippen LogP contribution in [0.4, 0.5) is 22.0 Å². The zero-order valence-electron chi connectivity index (χ0n) is 9.14. The zero-order chi connectivity index (χ0) is 13.7. The van der Waals surface area contributed by atoms with Gasteiger partial charge in [0.15, 0.2) is 0 Å². The molecule has 0 aliphatic heterocycles. The summed E-state index contributed by atoms with van der Waals surface area (Å²) < 4.78 is 83.8. The van der Waals surface area contributed by atoms with Crippen molar-refractivity contribution >= 4 is 22.4 Å². The second-order valence-electron chi connectivity index (χ2n) is 3.42. The Morgan fingerprint density at radius 2 is 1.61 bits per heavy atom. The smallest absolute Gasteiger partial charge is 0.325 e. The van der Waals surface area contributed by atoms with E-state index in [0.717, 1.165) is 0 Å². The Labute approximate surface area is 108 Å². The van der Waals surface area contributed by atoms with Crippen molar-refractivity contribution in [2.75, 3.05) is 18.8 Å². The van der Waals surface area contributed by atoms with Crippen LogP contribution in [0.3, 0.4) is 0 Å². The number of sulfonamides is 1. The lowest BCUT2D eigenvalue weighted by molar-refractivity contribution is -0.134. The van der Waals surface area contributed by atoms with Crippen LogP contribution in [0.5, 0.6) is 0 Å². The number of hydrogen-bond donors (Lipinski definition) is 2. The first-order valence-electron chi connectivity index (χ1n) is 4.59. The van der Waals surface area contributed by atoms with Gasteiger partial charge in [0, 0.05) is 6.42 Å². The Morgan fingerprint density at radius 3 is 2.00 bits per heavy atom. The van der Waals surface area contributed by atoms with E-state index >= 15 is 0 Å². The van der Waals surface area contributed by atoms with E-state index in [-0.39, 0.29) is 12.4 Å². The lowest BCUT2D eigenvalue weighted by Crippen LogP contribution is -2.42. The van der Waals surface area contributed by atoms with E-state index in [0.29, 0.717) is 0 Å². The molecule has 0 bridgehead atoms. The van der Waals surface area contributed by atoms with Gasteiger partial charge in [0.2, 0.25) is 10.0 Å². The van der Waals surface area contributed by atoms with Crippen LogP contribution in [0.1, 0.15) is 12.8 Å². The second kappa shape index (κ2) is 7.41. The average Bonchev–Trinajstić information content (AvgIpc) is 2.13. The first kappa shape index (κ1) is 20.1. The van der Waals surface area contributed by atoms with Gasteiger partial charge in [-0.3, -0.25) is 0 Å². The molecule has 0 aromatic rings. The molecule has 0 saturated heterocycles. The normalized spacial score (nSPS) is 13.2. The number of nitrogens with two attached hydrogens (primary N) is 1. The molecular formula is C7H14ClF5N2O2S. The lowest BCUT2D eigenvalue weighted by Gasteiger charge is -2.14. The summed E-state index contributed by atoms with van der Waals surface area (Å²) in [6, 6.07) is 0. The molecule has 3 N–H and O–H groups in total. The molecule has 0 fully saturated rings. The van der Waals surface area contributed by atoms with Crippen LogP contribution in [0.25, 0.3) is 0 Å². The van der Waals surface area contributed by atoms with Gasteiger partial charge in [-0.2, -0.15) is 13.2 Å². The first-order valence-corrected chi connectivity index (χ1v) is 6.25. The minimum Gasteiger partial charge on any atom is -0.325 e. The molecule has 11 heteroatoms. The number of hydrogen-bond acceptors (Lipinski definition) is 3. The lowest BCUT2D eigenvalue weighted by atomic mass is 10.3. The van der Waals surface area contributed by atoms with Gasteiger partial charge in [0.25, 0.3) is 5.92 Å². The highest BCUT2D eigenvalue weighted by molar-refractivity contribution is 7.89. The minimum absolute atomic E-state index is 0. The summed E-state index contributed by atoms with van der Waals surface area (Å²) in [5, 5.41) is 0. The Morgan fingerprint density at radius 1 is 1.11 bits per heavy atom. The molecule has 112 valence electrons. The molecule has 18 heavy (non-hydrogen) atoms. The van der Waals surface area contributed by atoms with E-state index in [9.17, 15) is 30.4 Å². The van der Waals surface area contributed by atoms with Crippen molar-refractivity contribution in [3.05, 3.63) is 0 Å². The van der Waals surface area contributed by atoms with Crippen molar-refractivity contribution in [2.24, 2.45) is 5.73 Å². The van der Waals surface area contributed by atoms with E-state index in [1.54, 1.807) is 0 Å². The highest BCUT2D eigenvalue weighted by Gasteiger charge is 2.30. The number of nitrogens with one attached hydrogen (secondary N) is 1. The van der Waals surface area contributed by atoms with Gasteiger partial charge in [-0.15, -0.1) is 12.4 Å². The molecule has 0 aliphatic rings. The summed E-state index contributed by atoms with van der Waals surface area (Å²) in [6.07, 6.45) is -6.41. The first-order chi connectivity index (χ1) is 7.47. The van der Waals surface area contributed by atoms with E-state index < -0.39 is 53.8 Å². The maximum atomic E-state index is 12.6. The monoisotopic (exact) mass is 320 g/mol. The van der Waals surface area contributed by atoms with Gasteiger partial charge in [0.05, 0.1) is 18.8 Å². The molecular weight excluding hydrogens is 307 g/mol. The molecule has 0 atom stereocenters. The van der Waals surface area contributed by atoms with Crippen LogP contribution < -0.4 is 10.5 Å². The fourth-order valence-corrected chi connectivity index (χ4v) is 1.92. The van der Waals surface area contributed by atoms with E-state index in [2.05, 4.69) is 5.73 Å². The molecule has 0 aromatic carbocycles. The third-order valence-corrected chi connectivity index (χ3v) is 3.13.